The maximum absolute atomic E-state index is 8.92. The number of rotatable bonds is 4. The number of benzene rings is 2. The van der Waals surface area contributed by atoms with E-state index in [0.717, 1.165) is 33.9 Å². The van der Waals surface area contributed by atoms with E-state index >= 15 is 0 Å². The molecule has 0 heterocycles. The first-order valence-electron chi connectivity index (χ1n) is 7.17. The minimum atomic E-state index is 0.368. The molecule has 2 aromatic carbocycles. The van der Waals surface area contributed by atoms with Crippen molar-refractivity contribution in [1.82, 2.24) is 0 Å². The zero-order valence-corrected chi connectivity index (χ0v) is 18.2. The van der Waals surface area contributed by atoms with E-state index in [0.29, 0.717) is 5.75 Å². The fourth-order valence-electron chi connectivity index (χ4n) is 1.43. The molecule has 0 aliphatic carbocycles. The van der Waals surface area contributed by atoms with Gasteiger partial charge in [0, 0.05) is 16.0 Å². The van der Waals surface area contributed by atoms with Crippen LogP contribution in [0.15, 0.2) is 48.5 Å². The number of hydrogen-bond acceptors (Lipinski definition) is 2. The monoisotopic (exact) mass is 508 g/mol. The molecule has 0 aliphatic heterocycles. The molecular formula is C18H23Br3O2. The third-order valence-electron chi connectivity index (χ3n) is 2.62. The van der Waals surface area contributed by atoms with Crippen LogP contribution in [0, 0.1) is 13.8 Å². The Morgan fingerprint density at radius 2 is 1.30 bits per heavy atom. The number of ether oxygens (including phenoxy) is 1. The molecule has 5 heteroatoms. The van der Waals surface area contributed by atoms with E-state index in [1.165, 1.54) is 5.56 Å². The minimum absolute atomic E-state index is 0.368. The first kappa shape index (κ1) is 22.5. The van der Waals surface area contributed by atoms with Crippen LogP contribution in [0.3, 0.4) is 0 Å². The Morgan fingerprint density at radius 1 is 0.783 bits per heavy atom. The number of halogens is 3. The van der Waals surface area contributed by atoms with Crippen molar-refractivity contribution in [2.45, 2.75) is 13.8 Å². The Balaban J connectivity index is 0.000000354. The van der Waals surface area contributed by atoms with Crippen LogP contribution in [-0.2, 0) is 0 Å². The molecule has 23 heavy (non-hydrogen) atoms. The second kappa shape index (κ2) is 15.0. The highest BCUT2D eigenvalue weighted by Gasteiger charge is 1.94. The van der Waals surface area contributed by atoms with Crippen molar-refractivity contribution in [2.24, 2.45) is 0 Å². The van der Waals surface area contributed by atoms with Gasteiger partial charge >= 0.3 is 0 Å². The van der Waals surface area contributed by atoms with Gasteiger partial charge in [0.1, 0.15) is 11.5 Å². The number of phenolic OH excluding ortho intramolecular Hbond substituents is 1. The Hall–Kier alpha value is -0.520. The lowest BCUT2D eigenvalue weighted by atomic mass is 10.2. The number of alkyl halides is 3. The third-order valence-corrected chi connectivity index (χ3v) is 4.80. The second-order valence-electron chi connectivity index (χ2n) is 4.47. The standard InChI is InChI=1S/C9H11BrO.C7H8O.C2H4Br2/c1-8-4-2-3-5-9(8)11-7-6-10;1-6-4-2-3-5-7(6)8;3-1-2-4/h2-5H,6-7H2,1H3;2-5,8H,1H3;1-2H2. The molecule has 0 aromatic heterocycles. The lowest BCUT2D eigenvalue weighted by Gasteiger charge is -2.05. The van der Waals surface area contributed by atoms with Crippen molar-refractivity contribution in [2.75, 3.05) is 22.6 Å². The number of aromatic hydroxyl groups is 1. The van der Waals surface area contributed by atoms with E-state index in [-0.39, 0.29) is 0 Å². The summed E-state index contributed by atoms with van der Waals surface area (Å²) in [6, 6.07) is 15.3. The van der Waals surface area contributed by atoms with Crippen LogP contribution in [0.25, 0.3) is 0 Å². The smallest absolute Gasteiger partial charge is 0.122 e. The molecule has 0 amide bonds. The molecule has 0 saturated heterocycles. The lowest BCUT2D eigenvalue weighted by Crippen LogP contribution is -1.98. The summed E-state index contributed by atoms with van der Waals surface area (Å²) in [5.74, 6) is 1.35. The Kier molecular flexibility index (Phi) is 14.7. The average Bonchev–Trinajstić information content (AvgIpc) is 2.58. The Morgan fingerprint density at radius 3 is 1.70 bits per heavy atom. The predicted molar refractivity (Wildman–Crippen MR) is 111 cm³/mol. The van der Waals surface area contributed by atoms with Gasteiger partial charge < -0.3 is 9.84 Å². The molecule has 128 valence electrons. The maximum atomic E-state index is 8.92. The van der Waals surface area contributed by atoms with Crippen LogP contribution in [0.5, 0.6) is 11.5 Å². The highest BCUT2D eigenvalue weighted by Crippen LogP contribution is 2.15. The normalized spacial score (nSPS) is 9.09. The highest BCUT2D eigenvalue weighted by atomic mass is 79.9. The minimum Gasteiger partial charge on any atom is -0.508 e. The first-order valence-corrected chi connectivity index (χ1v) is 10.5. The number of aryl methyl sites for hydroxylation is 2. The van der Waals surface area contributed by atoms with Gasteiger partial charge in [-0.3, -0.25) is 0 Å². The molecule has 0 bridgehead atoms. The van der Waals surface area contributed by atoms with Crippen molar-refractivity contribution >= 4 is 47.8 Å². The van der Waals surface area contributed by atoms with E-state index < -0.39 is 0 Å². The summed E-state index contributed by atoms with van der Waals surface area (Å²) in [7, 11) is 0. The van der Waals surface area contributed by atoms with Crippen LogP contribution in [0.2, 0.25) is 0 Å². The topological polar surface area (TPSA) is 29.5 Å². The molecule has 2 nitrogen and oxygen atoms in total. The highest BCUT2D eigenvalue weighted by molar-refractivity contribution is 9.12. The van der Waals surface area contributed by atoms with Gasteiger partial charge in [0.2, 0.25) is 0 Å². The van der Waals surface area contributed by atoms with Gasteiger partial charge in [-0.2, -0.15) is 0 Å². The van der Waals surface area contributed by atoms with Crippen molar-refractivity contribution in [3.63, 3.8) is 0 Å². The van der Waals surface area contributed by atoms with Gasteiger partial charge in [0.15, 0.2) is 0 Å². The molecule has 1 N–H and O–H groups in total. The number of para-hydroxylation sites is 2. The molecule has 0 atom stereocenters. The number of phenols is 1. The van der Waals surface area contributed by atoms with Crippen LogP contribution >= 0.6 is 47.8 Å². The molecule has 0 spiro atoms. The van der Waals surface area contributed by atoms with E-state index in [9.17, 15) is 0 Å². The quantitative estimate of drug-likeness (QED) is 0.493. The molecule has 2 aromatic rings. The maximum Gasteiger partial charge on any atom is 0.122 e. The summed E-state index contributed by atoms with van der Waals surface area (Å²) in [6.45, 7) is 4.64. The van der Waals surface area contributed by atoms with E-state index in [4.69, 9.17) is 9.84 Å². The van der Waals surface area contributed by atoms with E-state index in [2.05, 4.69) is 47.8 Å². The Bertz CT molecular complexity index is 510. The molecule has 0 radical (unpaired) electrons. The fraction of sp³-hybridized carbons (Fsp3) is 0.333. The molecule has 0 saturated carbocycles. The van der Waals surface area contributed by atoms with Gasteiger partial charge in [-0.1, -0.05) is 84.2 Å². The third kappa shape index (κ3) is 11.6. The van der Waals surface area contributed by atoms with Gasteiger partial charge in [-0.05, 0) is 37.1 Å². The van der Waals surface area contributed by atoms with Crippen LogP contribution < -0.4 is 4.74 Å². The summed E-state index contributed by atoms with van der Waals surface area (Å²) in [4.78, 5) is 0. The summed E-state index contributed by atoms with van der Waals surface area (Å²) in [5, 5.41) is 11.9. The van der Waals surface area contributed by atoms with Crippen molar-refractivity contribution < 1.29 is 9.84 Å². The SMILES string of the molecule is BrCCBr.Cc1ccccc1O.Cc1ccccc1OCCBr. The summed E-state index contributed by atoms with van der Waals surface area (Å²) < 4.78 is 5.44. The van der Waals surface area contributed by atoms with E-state index in [1.54, 1.807) is 6.07 Å². The molecule has 2 rings (SSSR count). The Labute approximate surface area is 164 Å². The predicted octanol–water partition coefficient (Wildman–Crippen LogP) is 6.25. The van der Waals surface area contributed by atoms with Gasteiger partial charge in [-0.25, -0.2) is 0 Å². The van der Waals surface area contributed by atoms with Crippen LogP contribution in [0.1, 0.15) is 11.1 Å². The molecular weight excluding hydrogens is 488 g/mol. The van der Waals surface area contributed by atoms with Gasteiger partial charge in [0.05, 0.1) is 6.61 Å². The first-order chi connectivity index (χ1) is 11.1. The molecule has 0 fully saturated rings. The van der Waals surface area contributed by atoms with Crippen LogP contribution in [0.4, 0.5) is 0 Å². The summed E-state index contributed by atoms with van der Waals surface area (Å²) in [6.07, 6.45) is 0. The second-order valence-corrected chi connectivity index (χ2v) is 6.85. The zero-order valence-electron chi connectivity index (χ0n) is 13.4. The average molecular weight is 511 g/mol. The fourth-order valence-corrected chi connectivity index (χ4v) is 1.59. The van der Waals surface area contributed by atoms with Gasteiger partial charge in [-0.15, -0.1) is 0 Å². The largest absolute Gasteiger partial charge is 0.508 e. The lowest BCUT2D eigenvalue weighted by molar-refractivity contribution is 0.342. The summed E-state index contributed by atoms with van der Waals surface area (Å²) >= 11 is 9.71. The van der Waals surface area contributed by atoms with Crippen molar-refractivity contribution in [1.29, 1.82) is 0 Å². The number of hydrogen-bond donors (Lipinski definition) is 1. The summed E-state index contributed by atoms with van der Waals surface area (Å²) in [5.41, 5.74) is 2.11. The van der Waals surface area contributed by atoms with Crippen molar-refractivity contribution in [3.8, 4) is 11.5 Å². The van der Waals surface area contributed by atoms with Gasteiger partial charge in [0.25, 0.3) is 0 Å². The zero-order chi connectivity index (χ0) is 17.5. The van der Waals surface area contributed by atoms with Crippen molar-refractivity contribution in [3.05, 3.63) is 59.7 Å². The van der Waals surface area contributed by atoms with E-state index in [1.807, 2.05) is 56.3 Å². The molecule has 0 unspecified atom stereocenters. The van der Waals surface area contributed by atoms with Crippen LogP contribution in [-0.4, -0.2) is 27.7 Å². The molecule has 0 aliphatic rings.